The van der Waals surface area contributed by atoms with Gasteiger partial charge in [0.1, 0.15) is 5.75 Å². The summed E-state index contributed by atoms with van der Waals surface area (Å²) >= 11 is 0. The summed E-state index contributed by atoms with van der Waals surface area (Å²) < 4.78 is 10.2. The Morgan fingerprint density at radius 3 is 2.22 bits per heavy atom. The number of carbonyl (C=O) groups excluding carboxylic acids is 2. The van der Waals surface area contributed by atoms with Gasteiger partial charge in [-0.25, -0.2) is 4.79 Å². The van der Waals surface area contributed by atoms with Gasteiger partial charge in [0.05, 0.1) is 7.11 Å². The fourth-order valence-corrected chi connectivity index (χ4v) is 5.66. The van der Waals surface area contributed by atoms with Gasteiger partial charge < -0.3 is 14.8 Å². The normalized spacial score (nSPS) is 31.1. The third-order valence-electron chi connectivity index (χ3n) is 6.32. The van der Waals surface area contributed by atoms with Crippen LogP contribution in [-0.2, 0) is 14.3 Å². The molecule has 0 spiro atoms. The van der Waals surface area contributed by atoms with Gasteiger partial charge in [-0.3, -0.25) is 4.79 Å². The lowest BCUT2D eigenvalue weighted by atomic mass is 9.53. The third kappa shape index (κ3) is 4.18. The summed E-state index contributed by atoms with van der Waals surface area (Å²) in [6, 6.07) is 7.35. The maximum atomic E-state index is 12.4. The van der Waals surface area contributed by atoms with E-state index in [1.807, 2.05) is 24.3 Å². The molecule has 4 fully saturated rings. The second kappa shape index (κ2) is 7.37. The third-order valence-corrected chi connectivity index (χ3v) is 6.32. The highest BCUT2D eigenvalue weighted by Crippen LogP contribution is 2.55. The number of amides is 1. The Hall–Kier alpha value is -2.30. The molecule has 0 unspecified atom stereocenters. The lowest BCUT2D eigenvalue weighted by Gasteiger charge is -2.56. The second-order valence-electron chi connectivity index (χ2n) is 8.46. The van der Waals surface area contributed by atoms with Gasteiger partial charge in [-0.2, -0.15) is 0 Å². The smallest absolute Gasteiger partial charge is 0.331 e. The lowest BCUT2D eigenvalue weighted by Crippen LogP contribution is -2.60. The van der Waals surface area contributed by atoms with E-state index in [0.29, 0.717) is 0 Å². The zero-order valence-corrected chi connectivity index (χ0v) is 15.8. The van der Waals surface area contributed by atoms with E-state index < -0.39 is 5.97 Å². The molecule has 1 aromatic carbocycles. The van der Waals surface area contributed by atoms with Crippen molar-refractivity contribution in [3.63, 3.8) is 0 Å². The highest BCUT2D eigenvalue weighted by molar-refractivity contribution is 5.89. The first-order valence-corrected chi connectivity index (χ1v) is 9.83. The van der Waals surface area contributed by atoms with Gasteiger partial charge in [-0.15, -0.1) is 0 Å². The summed E-state index contributed by atoms with van der Waals surface area (Å²) in [6.07, 6.45) is 10.3. The summed E-state index contributed by atoms with van der Waals surface area (Å²) in [7, 11) is 1.61. The van der Waals surface area contributed by atoms with Gasteiger partial charge in [-0.1, -0.05) is 12.1 Å². The molecule has 4 saturated carbocycles. The van der Waals surface area contributed by atoms with Crippen LogP contribution >= 0.6 is 0 Å². The number of nitrogens with one attached hydrogen (secondary N) is 1. The van der Waals surface area contributed by atoms with Crippen LogP contribution in [-0.4, -0.2) is 31.1 Å². The molecule has 0 heterocycles. The second-order valence-corrected chi connectivity index (χ2v) is 8.46. The average Bonchev–Trinajstić information content (AvgIpc) is 2.63. The highest BCUT2D eigenvalue weighted by Gasteiger charge is 2.51. The zero-order valence-electron chi connectivity index (χ0n) is 15.8. The van der Waals surface area contributed by atoms with Crippen molar-refractivity contribution >= 4 is 18.0 Å². The van der Waals surface area contributed by atoms with E-state index in [9.17, 15) is 9.59 Å². The molecule has 4 bridgehead atoms. The first-order chi connectivity index (χ1) is 13.0. The van der Waals surface area contributed by atoms with Crippen molar-refractivity contribution in [2.75, 3.05) is 13.7 Å². The van der Waals surface area contributed by atoms with Crippen LogP contribution in [0.15, 0.2) is 30.3 Å². The molecule has 0 atom stereocenters. The molecule has 0 radical (unpaired) electrons. The van der Waals surface area contributed by atoms with Crippen molar-refractivity contribution in [1.29, 1.82) is 0 Å². The van der Waals surface area contributed by atoms with E-state index in [-0.39, 0.29) is 18.1 Å². The fraction of sp³-hybridized carbons (Fsp3) is 0.545. The van der Waals surface area contributed by atoms with Crippen LogP contribution in [0.3, 0.4) is 0 Å². The Bertz CT molecular complexity index is 702. The van der Waals surface area contributed by atoms with Crippen LogP contribution < -0.4 is 10.1 Å². The van der Waals surface area contributed by atoms with Crippen LogP contribution in [0.5, 0.6) is 5.75 Å². The molecule has 0 saturated heterocycles. The molecule has 144 valence electrons. The molecule has 1 aromatic rings. The molecule has 5 nitrogen and oxygen atoms in total. The minimum absolute atomic E-state index is 0.0445. The Balaban J connectivity index is 1.25. The van der Waals surface area contributed by atoms with Gasteiger partial charge >= 0.3 is 5.97 Å². The lowest BCUT2D eigenvalue weighted by molar-refractivity contribution is -0.145. The summed E-state index contributed by atoms with van der Waals surface area (Å²) in [5.74, 6) is 2.38. The van der Waals surface area contributed by atoms with E-state index in [0.717, 1.165) is 48.3 Å². The monoisotopic (exact) mass is 369 g/mol. The zero-order chi connectivity index (χ0) is 18.9. The topological polar surface area (TPSA) is 64.6 Å². The molecule has 4 aliphatic carbocycles. The fourth-order valence-electron chi connectivity index (χ4n) is 5.66. The van der Waals surface area contributed by atoms with Gasteiger partial charge in [0.2, 0.25) is 0 Å². The number of esters is 1. The van der Waals surface area contributed by atoms with Crippen LogP contribution in [0.2, 0.25) is 0 Å². The minimum atomic E-state index is -0.508. The van der Waals surface area contributed by atoms with Crippen molar-refractivity contribution in [2.24, 2.45) is 17.8 Å². The van der Waals surface area contributed by atoms with Gasteiger partial charge in [0.25, 0.3) is 5.91 Å². The molecular formula is C22H27NO4. The highest BCUT2D eigenvalue weighted by atomic mass is 16.5. The Morgan fingerprint density at radius 2 is 1.67 bits per heavy atom. The predicted octanol–water partition coefficient (Wildman–Crippen LogP) is 3.34. The number of rotatable bonds is 6. The van der Waals surface area contributed by atoms with Gasteiger partial charge in [-0.05, 0) is 80.1 Å². The van der Waals surface area contributed by atoms with Gasteiger partial charge in [0.15, 0.2) is 6.61 Å². The van der Waals surface area contributed by atoms with Crippen molar-refractivity contribution in [3.05, 3.63) is 35.9 Å². The summed E-state index contributed by atoms with van der Waals surface area (Å²) in [6.45, 7) is -0.215. The molecule has 1 amide bonds. The first-order valence-electron chi connectivity index (χ1n) is 9.83. The summed E-state index contributed by atoms with van der Waals surface area (Å²) in [4.78, 5) is 24.2. The Kier molecular flexibility index (Phi) is 4.94. The van der Waals surface area contributed by atoms with Crippen molar-refractivity contribution in [3.8, 4) is 5.75 Å². The maximum absolute atomic E-state index is 12.4. The molecule has 27 heavy (non-hydrogen) atoms. The van der Waals surface area contributed by atoms with Crippen molar-refractivity contribution in [1.82, 2.24) is 5.32 Å². The predicted molar refractivity (Wildman–Crippen MR) is 102 cm³/mol. The number of methoxy groups -OCH3 is 1. The summed E-state index contributed by atoms with van der Waals surface area (Å²) in [5.41, 5.74) is 0.822. The van der Waals surface area contributed by atoms with Crippen LogP contribution in [0, 0.1) is 17.8 Å². The molecule has 0 aliphatic heterocycles. The van der Waals surface area contributed by atoms with Gasteiger partial charge in [0, 0.05) is 11.6 Å². The number of carbonyl (C=O) groups is 2. The Morgan fingerprint density at radius 1 is 1.07 bits per heavy atom. The molecule has 1 N–H and O–H groups in total. The maximum Gasteiger partial charge on any atom is 0.331 e. The number of hydrogen-bond donors (Lipinski definition) is 1. The summed E-state index contributed by atoms with van der Waals surface area (Å²) in [5, 5.41) is 3.21. The quantitative estimate of drug-likeness (QED) is 0.617. The largest absolute Gasteiger partial charge is 0.497 e. The van der Waals surface area contributed by atoms with Crippen molar-refractivity contribution < 1.29 is 19.1 Å². The molecule has 0 aromatic heterocycles. The van der Waals surface area contributed by atoms with E-state index >= 15 is 0 Å². The Labute approximate surface area is 160 Å². The van der Waals surface area contributed by atoms with Crippen molar-refractivity contribution in [2.45, 2.75) is 44.1 Å². The number of benzene rings is 1. The van der Waals surface area contributed by atoms with Crippen LogP contribution in [0.4, 0.5) is 0 Å². The molecular weight excluding hydrogens is 342 g/mol. The van der Waals surface area contributed by atoms with E-state index in [1.54, 1.807) is 13.2 Å². The number of ether oxygens (including phenoxy) is 2. The van der Waals surface area contributed by atoms with Crippen LogP contribution in [0.1, 0.15) is 44.1 Å². The number of hydrogen-bond acceptors (Lipinski definition) is 4. The minimum Gasteiger partial charge on any atom is -0.497 e. The van der Waals surface area contributed by atoms with E-state index in [1.165, 1.54) is 25.3 Å². The molecule has 4 aliphatic rings. The van der Waals surface area contributed by atoms with Crippen LogP contribution in [0.25, 0.3) is 6.08 Å². The molecule has 5 heteroatoms. The van der Waals surface area contributed by atoms with E-state index in [4.69, 9.17) is 9.47 Å². The van der Waals surface area contributed by atoms with E-state index in [2.05, 4.69) is 5.32 Å². The first kappa shape index (κ1) is 18.1. The average molecular weight is 369 g/mol. The standard InChI is InChI=1S/C22H27NO4/c1-26-19-5-2-15(3-6-19)4-7-21(25)27-14-20(24)23-22-11-16-8-17(12-22)10-18(9-16)13-22/h2-7,16-18H,8-14H2,1H3,(H,23,24). The molecule has 5 rings (SSSR count). The SMILES string of the molecule is COc1ccc(C=CC(=O)OCC(=O)NC23CC4CC(CC(C4)C2)C3)cc1.